The zero-order valence-corrected chi connectivity index (χ0v) is 8.38. The van der Waals surface area contributed by atoms with Crippen LogP contribution in [0.3, 0.4) is 0 Å². The van der Waals surface area contributed by atoms with Gasteiger partial charge in [0.15, 0.2) is 0 Å². The van der Waals surface area contributed by atoms with E-state index in [9.17, 15) is 0 Å². The molecule has 0 saturated carbocycles. The van der Waals surface area contributed by atoms with Gasteiger partial charge in [-0.1, -0.05) is 12.2 Å². The van der Waals surface area contributed by atoms with E-state index in [1.54, 1.807) is 0 Å². The third kappa shape index (κ3) is 9.66. The van der Waals surface area contributed by atoms with Crippen LogP contribution in [0.15, 0.2) is 12.2 Å². The minimum Gasteiger partial charge on any atom is -0.378 e. The molecule has 0 aromatic heterocycles. The van der Waals surface area contributed by atoms with Crippen molar-refractivity contribution < 1.29 is 9.47 Å². The molecule has 0 fully saturated rings. The zero-order valence-electron chi connectivity index (χ0n) is 8.38. The monoisotopic (exact) mass is 172 g/mol. The van der Waals surface area contributed by atoms with E-state index in [0.29, 0.717) is 6.10 Å². The summed E-state index contributed by atoms with van der Waals surface area (Å²) in [6.45, 7) is 8.40. The first-order valence-electron chi connectivity index (χ1n) is 4.61. The fourth-order valence-corrected chi connectivity index (χ4v) is 0.744. The first-order valence-corrected chi connectivity index (χ1v) is 4.61. The largest absolute Gasteiger partial charge is 0.378 e. The summed E-state index contributed by atoms with van der Waals surface area (Å²) < 4.78 is 10.5. The average Bonchev–Trinajstić information content (AvgIpc) is 2.02. The highest BCUT2D eigenvalue weighted by Gasteiger charge is 1.89. The summed E-state index contributed by atoms with van der Waals surface area (Å²) in [5.74, 6) is 0. The van der Waals surface area contributed by atoms with E-state index < -0.39 is 0 Å². The molecule has 0 unspecified atom stereocenters. The molecule has 72 valence electrons. The summed E-state index contributed by atoms with van der Waals surface area (Å²) in [6.07, 6.45) is 5.45. The normalized spacial score (nSPS) is 11.7. The topological polar surface area (TPSA) is 18.5 Å². The van der Waals surface area contributed by atoms with E-state index >= 15 is 0 Å². The molecule has 0 heterocycles. The van der Waals surface area contributed by atoms with E-state index in [-0.39, 0.29) is 0 Å². The Hall–Kier alpha value is -0.340. The van der Waals surface area contributed by atoms with E-state index in [4.69, 9.17) is 9.47 Å². The van der Waals surface area contributed by atoms with Crippen molar-refractivity contribution in [1.82, 2.24) is 0 Å². The Labute approximate surface area is 75.6 Å². The van der Waals surface area contributed by atoms with Gasteiger partial charge in [0.25, 0.3) is 0 Å². The lowest BCUT2D eigenvalue weighted by Gasteiger charge is -2.04. The first kappa shape index (κ1) is 11.7. The molecule has 0 aliphatic carbocycles. The Bertz CT molecular complexity index is 108. The van der Waals surface area contributed by atoms with Gasteiger partial charge in [0.1, 0.15) is 0 Å². The molecule has 0 radical (unpaired) electrons. The predicted octanol–water partition coefficient (Wildman–Crippen LogP) is 2.39. The van der Waals surface area contributed by atoms with Crippen molar-refractivity contribution in [2.45, 2.75) is 33.3 Å². The Morgan fingerprint density at radius 3 is 2.58 bits per heavy atom. The molecule has 0 rings (SSSR count). The summed E-state index contributed by atoms with van der Waals surface area (Å²) in [7, 11) is 0. The lowest BCUT2D eigenvalue weighted by Crippen LogP contribution is -2.02. The molecule has 0 aliphatic rings. The second-order valence-electron chi connectivity index (χ2n) is 2.84. The summed E-state index contributed by atoms with van der Waals surface area (Å²) in [5.41, 5.74) is 0. The first-order chi connectivity index (χ1) is 5.77. The Balaban J connectivity index is 3.03. The van der Waals surface area contributed by atoms with Crippen LogP contribution in [0, 0.1) is 0 Å². The van der Waals surface area contributed by atoms with Crippen LogP contribution in [0.2, 0.25) is 0 Å². The van der Waals surface area contributed by atoms with Gasteiger partial charge in [0, 0.05) is 6.61 Å². The quantitative estimate of drug-likeness (QED) is 0.433. The third-order valence-electron chi connectivity index (χ3n) is 1.32. The van der Waals surface area contributed by atoms with Crippen LogP contribution in [0.4, 0.5) is 0 Å². The van der Waals surface area contributed by atoms with E-state index in [0.717, 1.165) is 26.2 Å². The van der Waals surface area contributed by atoms with Gasteiger partial charge in [0.05, 0.1) is 19.3 Å². The van der Waals surface area contributed by atoms with Crippen molar-refractivity contribution in [3.05, 3.63) is 12.2 Å². The fourth-order valence-electron chi connectivity index (χ4n) is 0.744. The standard InChI is InChI=1S/C10H20O2/c1-4-11-8-6-5-7-9-12-10(2)3/h5-6,10H,4,7-9H2,1-3H3/b6-5-. The highest BCUT2D eigenvalue weighted by Crippen LogP contribution is 1.91. The molecule has 0 amide bonds. The van der Waals surface area contributed by atoms with Gasteiger partial charge in [-0.2, -0.15) is 0 Å². The number of hydrogen-bond donors (Lipinski definition) is 0. The molecule has 2 nitrogen and oxygen atoms in total. The van der Waals surface area contributed by atoms with Gasteiger partial charge >= 0.3 is 0 Å². The summed E-state index contributed by atoms with van der Waals surface area (Å²) in [4.78, 5) is 0. The van der Waals surface area contributed by atoms with Crippen molar-refractivity contribution in [2.24, 2.45) is 0 Å². The molecule has 0 bridgehead atoms. The van der Waals surface area contributed by atoms with Gasteiger partial charge in [0.2, 0.25) is 0 Å². The van der Waals surface area contributed by atoms with Crippen LogP contribution in [-0.2, 0) is 9.47 Å². The second-order valence-corrected chi connectivity index (χ2v) is 2.84. The Morgan fingerprint density at radius 1 is 1.25 bits per heavy atom. The van der Waals surface area contributed by atoms with Crippen LogP contribution < -0.4 is 0 Å². The summed E-state index contributed by atoms with van der Waals surface area (Å²) in [6, 6.07) is 0. The van der Waals surface area contributed by atoms with Gasteiger partial charge in [-0.25, -0.2) is 0 Å². The minimum atomic E-state index is 0.338. The highest BCUT2D eigenvalue weighted by molar-refractivity contribution is 4.81. The third-order valence-corrected chi connectivity index (χ3v) is 1.32. The number of rotatable bonds is 7. The van der Waals surface area contributed by atoms with E-state index in [1.807, 2.05) is 26.8 Å². The number of hydrogen-bond acceptors (Lipinski definition) is 2. The van der Waals surface area contributed by atoms with Gasteiger partial charge in [-0.15, -0.1) is 0 Å². The predicted molar refractivity (Wildman–Crippen MR) is 51.3 cm³/mol. The molecule has 0 N–H and O–H groups in total. The molecule has 0 atom stereocenters. The van der Waals surface area contributed by atoms with Crippen molar-refractivity contribution in [3.8, 4) is 0 Å². The number of ether oxygens (including phenoxy) is 2. The molecule has 2 heteroatoms. The summed E-state index contributed by atoms with van der Waals surface area (Å²) in [5, 5.41) is 0. The molecule has 0 saturated heterocycles. The average molecular weight is 172 g/mol. The smallest absolute Gasteiger partial charge is 0.0647 e. The molecule has 0 aromatic carbocycles. The van der Waals surface area contributed by atoms with E-state index in [1.165, 1.54) is 0 Å². The minimum absolute atomic E-state index is 0.338. The molecular weight excluding hydrogens is 152 g/mol. The van der Waals surface area contributed by atoms with E-state index in [2.05, 4.69) is 6.08 Å². The van der Waals surface area contributed by atoms with Crippen molar-refractivity contribution in [2.75, 3.05) is 19.8 Å². The Kier molecular flexibility index (Phi) is 8.51. The molecular formula is C10H20O2. The van der Waals surface area contributed by atoms with Gasteiger partial charge in [-0.05, 0) is 27.2 Å². The van der Waals surface area contributed by atoms with Gasteiger partial charge in [-0.3, -0.25) is 0 Å². The van der Waals surface area contributed by atoms with Crippen molar-refractivity contribution >= 4 is 0 Å². The van der Waals surface area contributed by atoms with Crippen molar-refractivity contribution in [3.63, 3.8) is 0 Å². The van der Waals surface area contributed by atoms with Gasteiger partial charge < -0.3 is 9.47 Å². The molecule has 0 aromatic rings. The molecule has 0 aliphatic heterocycles. The fraction of sp³-hybridized carbons (Fsp3) is 0.800. The van der Waals surface area contributed by atoms with Crippen LogP contribution in [0.5, 0.6) is 0 Å². The van der Waals surface area contributed by atoms with Crippen LogP contribution >= 0.6 is 0 Å². The molecule has 0 spiro atoms. The maximum Gasteiger partial charge on any atom is 0.0647 e. The molecule has 12 heavy (non-hydrogen) atoms. The SMILES string of the molecule is CCOC/C=C\CCOC(C)C. The Morgan fingerprint density at radius 2 is 2.00 bits per heavy atom. The van der Waals surface area contributed by atoms with Crippen LogP contribution in [-0.4, -0.2) is 25.9 Å². The second kappa shape index (κ2) is 8.75. The van der Waals surface area contributed by atoms with Crippen LogP contribution in [0.25, 0.3) is 0 Å². The lowest BCUT2D eigenvalue weighted by molar-refractivity contribution is 0.0824. The lowest BCUT2D eigenvalue weighted by atomic mass is 10.4. The zero-order chi connectivity index (χ0) is 9.23. The maximum absolute atomic E-state index is 5.36. The summed E-state index contributed by atoms with van der Waals surface area (Å²) >= 11 is 0. The van der Waals surface area contributed by atoms with Crippen molar-refractivity contribution in [1.29, 1.82) is 0 Å². The highest BCUT2D eigenvalue weighted by atomic mass is 16.5. The van der Waals surface area contributed by atoms with Crippen LogP contribution in [0.1, 0.15) is 27.2 Å². The maximum atomic E-state index is 5.36.